The van der Waals surface area contributed by atoms with Crippen LogP contribution in [0.15, 0.2) is 35.3 Å². The molecule has 6 heteroatoms. The normalized spacial score (nSPS) is 22.5. The molecule has 1 aliphatic heterocycles. The fraction of sp³-hybridized carbons (Fsp3) is 0.429. The Balaban J connectivity index is 1.95. The minimum atomic E-state index is -1.36. The van der Waals surface area contributed by atoms with Gasteiger partial charge in [-0.3, -0.25) is 4.79 Å². The maximum Gasteiger partial charge on any atom is 0.175 e. The van der Waals surface area contributed by atoms with Gasteiger partial charge in [-0.1, -0.05) is 24.3 Å². The molecule has 1 aromatic carbocycles. The summed E-state index contributed by atoms with van der Waals surface area (Å²) in [5.74, 6) is 0.0398. The Kier molecular flexibility index (Phi) is 5.45. The summed E-state index contributed by atoms with van der Waals surface area (Å²) in [5, 5.41) is 10.2. The zero-order valence-corrected chi connectivity index (χ0v) is 17.3. The van der Waals surface area contributed by atoms with Crippen LogP contribution in [-0.2, 0) is 0 Å². The van der Waals surface area contributed by atoms with Crippen LogP contribution >= 0.6 is 10.8 Å². The van der Waals surface area contributed by atoms with Gasteiger partial charge < -0.3 is 18.9 Å². The molecule has 1 heterocycles. The highest BCUT2D eigenvalue weighted by atomic mass is 32.2. The zero-order chi connectivity index (χ0) is 19.9. The molecule has 27 heavy (non-hydrogen) atoms. The summed E-state index contributed by atoms with van der Waals surface area (Å²) >= 11 is 0. The average molecular weight is 390 g/mol. The molecule has 3 rings (SSSR count). The molecule has 0 fully saturated rings. The van der Waals surface area contributed by atoms with E-state index in [4.69, 9.17) is 4.74 Å². The molecule has 5 nitrogen and oxygen atoms in total. The first-order chi connectivity index (χ1) is 12.6. The van der Waals surface area contributed by atoms with Crippen LogP contribution in [0.5, 0.6) is 5.75 Å². The van der Waals surface area contributed by atoms with E-state index in [1.807, 2.05) is 47.1 Å². The van der Waals surface area contributed by atoms with Gasteiger partial charge in [0.15, 0.2) is 5.78 Å². The van der Waals surface area contributed by atoms with Gasteiger partial charge in [0.2, 0.25) is 0 Å². The second-order valence-corrected chi connectivity index (χ2v) is 9.61. The molecule has 0 saturated heterocycles. The summed E-state index contributed by atoms with van der Waals surface area (Å²) in [7, 11) is 4.66. The minimum Gasteiger partial charge on any atom is -0.799 e. The lowest BCUT2D eigenvalue weighted by Crippen LogP contribution is -2.43. The van der Waals surface area contributed by atoms with Gasteiger partial charge in [0, 0.05) is 10.5 Å². The smallest absolute Gasteiger partial charge is 0.175 e. The summed E-state index contributed by atoms with van der Waals surface area (Å²) < 4.78 is 19.5. The highest BCUT2D eigenvalue weighted by Crippen LogP contribution is 2.43. The van der Waals surface area contributed by atoms with Crippen molar-refractivity contribution in [1.82, 2.24) is 0 Å². The van der Waals surface area contributed by atoms with Gasteiger partial charge in [0.05, 0.1) is 27.1 Å². The Bertz CT molecular complexity index is 877. The number of carbonyl (C=O) groups is 1. The number of ether oxygens (including phenoxy) is 1. The lowest BCUT2D eigenvalue weighted by atomic mass is 9.89. The fourth-order valence-electron chi connectivity index (χ4n) is 3.51. The Hall–Kier alpha value is -1.73. The molecule has 0 bridgehead atoms. The number of ketones is 1. The Labute approximate surface area is 163 Å². The predicted molar refractivity (Wildman–Crippen MR) is 108 cm³/mol. The first kappa shape index (κ1) is 20.0. The number of nitrogens with zero attached hydrogens (tertiary/aromatic N) is 1. The van der Waals surface area contributed by atoms with E-state index in [1.165, 1.54) is 0 Å². The molecule has 0 spiro atoms. The highest BCUT2D eigenvalue weighted by Gasteiger charge is 2.31. The molecule has 1 N–H and O–H groups in total. The van der Waals surface area contributed by atoms with E-state index in [-0.39, 0.29) is 12.4 Å². The number of hydrogen-bond donors (Lipinski definition) is 1. The molecule has 0 amide bonds. The van der Waals surface area contributed by atoms with Crippen molar-refractivity contribution in [2.24, 2.45) is 5.92 Å². The Morgan fingerprint density at radius 1 is 1.26 bits per heavy atom. The number of Topliss-reactive ketones (excluding diaryl/α,β-unsaturated/α-hetero) is 1. The molecule has 3 atom stereocenters. The third-order valence-electron chi connectivity index (χ3n) is 4.91. The maximum atomic E-state index is 13.1. The lowest BCUT2D eigenvalue weighted by Gasteiger charge is -2.34. The summed E-state index contributed by atoms with van der Waals surface area (Å²) in [6.07, 6.45) is 6.59. The average Bonchev–Trinajstić information content (AvgIpc) is 2.59. The Morgan fingerprint density at radius 3 is 2.63 bits per heavy atom. The van der Waals surface area contributed by atoms with Crippen LogP contribution in [-0.4, -0.2) is 65.2 Å². The van der Waals surface area contributed by atoms with E-state index in [2.05, 4.69) is 0 Å². The van der Waals surface area contributed by atoms with Crippen molar-refractivity contribution in [3.8, 4) is 5.75 Å². The highest BCUT2D eigenvalue weighted by molar-refractivity contribution is 8.11. The van der Waals surface area contributed by atoms with E-state index in [0.29, 0.717) is 32.1 Å². The van der Waals surface area contributed by atoms with Crippen molar-refractivity contribution >= 4 is 21.4 Å². The third-order valence-corrected chi connectivity index (χ3v) is 6.63. The monoisotopic (exact) mass is 389 g/mol. The molecule has 0 aromatic heterocycles. The standard InChI is InChI=1S/C21H27NO4S/c1-13-14(2)21-17(10-18(13)26-12-15(23)11-22(3,4)5)20(24)16-8-6-7-9-19(16)27(21)25/h6-10,15-16,23H,11-12H2,1-5H3. The predicted octanol–water partition coefficient (Wildman–Crippen LogP) is 2.62. The zero-order valence-electron chi connectivity index (χ0n) is 16.5. The quantitative estimate of drug-likeness (QED) is 0.621. The molecular weight excluding hydrogens is 362 g/mol. The van der Waals surface area contributed by atoms with Crippen LogP contribution in [0, 0.1) is 19.8 Å². The number of aliphatic hydroxyl groups excluding tert-OH is 1. The van der Waals surface area contributed by atoms with Gasteiger partial charge in [0.25, 0.3) is 0 Å². The summed E-state index contributed by atoms with van der Waals surface area (Å²) in [6.45, 7) is 4.48. The van der Waals surface area contributed by atoms with Gasteiger partial charge in [-0.2, -0.15) is 0 Å². The number of rotatable bonds is 5. The number of hydrogen-bond acceptors (Lipinski definition) is 4. The largest absolute Gasteiger partial charge is 0.799 e. The van der Waals surface area contributed by atoms with Crippen LogP contribution in [0.2, 0.25) is 0 Å². The number of benzene rings is 1. The van der Waals surface area contributed by atoms with Crippen molar-refractivity contribution < 1.29 is 23.7 Å². The van der Waals surface area contributed by atoms with Crippen molar-refractivity contribution in [2.75, 3.05) is 34.3 Å². The van der Waals surface area contributed by atoms with Crippen LogP contribution in [0.3, 0.4) is 0 Å². The van der Waals surface area contributed by atoms with Gasteiger partial charge >= 0.3 is 0 Å². The van der Waals surface area contributed by atoms with Crippen LogP contribution in [0.1, 0.15) is 21.5 Å². The van der Waals surface area contributed by atoms with Crippen molar-refractivity contribution in [3.63, 3.8) is 0 Å². The number of fused-ring (bicyclic) bond motifs is 2. The summed E-state index contributed by atoms with van der Waals surface area (Å²) in [5.41, 5.74) is 2.12. The van der Waals surface area contributed by atoms with E-state index in [1.54, 1.807) is 18.2 Å². The van der Waals surface area contributed by atoms with Crippen molar-refractivity contribution in [2.45, 2.75) is 24.8 Å². The van der Waals surface area contributed by atoms with E-state index in [9.17, 15) is 14.5 Å². The Morgan fingerprint density at radius 2 is 1.96 bits per heavy atom. The maximum absolute atomic E-state index is 13.1. The SMILES string of the molecule is Cc1c(OCC(O)C[N+](C)(C)C)cc2c(c1C)S([O-])=C1C=CC=CC1C2=O. The van der Waals surface area contributed by atoms with E-state index in [0.717, 1.165) is 11.1 Å². The summed E-state index contributed by atoms with van der Waals surface area (Å²) in [6, 6.07) is 1.69. The van der Waals surface area contributed by atoms with Gasteiger partial charge in [-0.05, 0) is 35.9 Å². The number of carbonyl (C=O) groups excluding carboxylic acids is 1. The fourth-order valence-corrected chi connectivity index (χ4v) is 5.15. The van der Waals surface area contributed by atoms with Gasteiger partial charge in [-0.25, -0.2) is 10.8 Å². The van der Waals surface area contributed by atoms with E-state index >= 15 is 0 Å². The number of allylic oxidation sites excluding steroid dienone is 4. The minimum absolute atomic E-state index is 0.0555. The second-order valence-electron chi connectivity index (χ2n) is 8.20. The first-order valence-electron chi connectivity index (χ1n) is 9.03. The molecule has 1 aliphatic carbocycles. The molecule has 146 valence electrons. The second kappa shape index (κ2) is 7.36. The number of likely N-dealkylation sites (N-methyl/N-ethyl adjacent to an activating group) is 1. The van der Waals surface area contributed by atoms with Gasteiger partial charge in [-0.15, -0.1) is 0 Å². The first-order valence-corrected chi connectivity index (χ1v) is 10.2. The molecule has 0 saturated carbocycles. The van der Waals surface area contributed by atoms with Crippen molar-refractivity contribution in [1.29, 1.82) is 0 Å². The lowest BCUT2D eigenvalue weighted by molar-refractivity contribution is -0.873. The van der Waals surface area contributed by atoms with Crippen molar-refractivity contribution in [3.05, 3.63) is 47.1 Å². The van der Waals surface area contributed by atoms with Crippen LogP contribution < -0.4 is 4.74 Å². The molecule has 3 unspecified atom stereocenters. The van der Waals surface area contributed by atoms with E-state index < -0.39 is 22.8 Å². The van der Waals surface area contributed by atoms with Crippen LogP contribution in [0.4, 0.5) is 0 Å². The topological polar surface area (TPSA) is 69.6 Å². The molecule has 2 aliphatic rings. The number of quaternary nitrogens is 1. The van der Waals surface area contributed by atoms with Crippen LogP contribution in [0.25, 0.3) is 0 Å². The molecule has 1 aromatic rings. The molecular formula is C21H27NO4S. The molecule has 0 radical (unpaired) electrons. The summed E-state index contributed by atoms with van der Waals surface area (Å²) in [4.78, 5) is 14.2. The number of aliphatic hydroxyl groups is 1. The van der Waals surface area contributed by atoms with Gasteiger partial charge in [0.1, 0.15) is 25.0 Å². The third kappa shape index (κ3) is 3.94.